The van der Waals surface area contributed by atoms with Gasteiger partial charge in [0.2, 0.25) is 0 Å². The molecule has 0 amide bonds. The minimum absolute atomic E-state index is 0.0237. The van der Waals surface area contributed by atoms with Crippen LogP contribution in [0.25, 0.3) is 0 Å². The van der Waals surface area contributed by atoms with Crippen molar-refractivity contribution in [2.45, 2.75) is 12.8 Å². The third-order valence-electron chi connectivity index (χ3n) is 3.16. The number of carbonyl (C=O) groups is 2. The van der Waals surface area contributed by atoms with Crippen molar-refractivity contribution in [2.75, 3.05) is 7.11 Å². The molecular formula is C17H15BrO3. The van der Waals surface area contributed by atoms with E-state index in [0.29, 0.717) is 16.9 Å². The lowest BCUT2D eigenvalue weighted by Crippen LogP contribution is -2.05. The molecule has 0 aliphatic carbocycles. The highest BCUT2D eigenvalue weighted by Crippen LogP contribution is 2.15. The Bertz CT molecular complexity index is 630. The minimum Gasteiger partial charge on any atom is -0.497 e. The maximum atomic E-state index is 12.0. The fourth-order valence-electron chi connectivity index (χ4n) is 1.93. The maximum absolute atomic E-state index is 12.0. The van der Waals surface area contributed by atoms with E-state index in [-0.39, 0.29) is 24.4 Å². The smallest absolute Gasteiger partial charge is 0.163 e. The van der Waals surface area contributed by atoms with Crippen LogP contribution in [0.5, 0.6) is 5.75 Å². The van der Waals surface area contributed by atoms with E-state index in [9.17, 15) is 9.59 Å². The van der Waals surface area contributed by atoms with Gasteiger partial charge in [-0.2, -0.15) is 0 Å². The Kier molecular flexibility index (Phi) is 5.28. The average Bonchev–Trinajstić information content (AvgIpc) is 2.53. The fraction of sp³-hybridized carbons (Fsp3) is 0.176. The Morgan fingerprint density at radius 3 is 1.71 bits per heavy atom. The van der Waals surface area contributed by atoms with Crippen LogP contribution in [0, 0.1) is 0 Å². The normalized spacial score (nSPS) is 10.2. The van der Waals surface area contributed by atoms with E-state index in [1.807, 2.05) is 12.1 Å². The number of rotatable bonds is 6. The number of methoxy groups -OCH3 is 1. The number of ketones is 2. The molecule has 0 radical (unpaired) electrons. The molecule has 0 N–H and O–H groups in total. The molecule has 2 aromatic carbocycles. The first-order chi connectivity index (χ1) is 10.1. The van der Waals surface area contributed by atoms with Gasteiger partial charge in [0.1, 0.15) is 5.75 Å². The highest BCUT2D eigenvalue weighted by Gasteiger charge is 2.11. The lowest BCUT2D eigenvalue weighted by molar-refractivity contribution is 0.0917. The van der Waals surface area contributed by atoms with E-state index in [1.54, 1.807) is 43.5 Å². The van der Waals surface area contributed by atoms with Crippen molar-refractivity contribution >= 4 is 27.5 Å². The van der Waals surface area contributed by atoms with E-state index in [2.05, 4.69) is 15.9 Å². The SMILES string of the molecule is COc1ccc(C(=O)CCC(=O)c2ccc(Br)cc2)cc1. The second-order valence-electron chi connectivity index (χ2n) is 4.58. The molecule has 108 valence electrons. The molecule has 0 unspecified atom stereocenters. The zero-order chi connectivity index (χ0) is 15.2. The van der Waals surface area contributed by atoms with E-state index in [0.717, 1.165) is 4.47 Å². The number of benzene rings is 2. The molecule has 3 nitrogen and oxygen atoms in total. The van der Waals surface area contributed by atoms with Crippen molar-refractivity contribution in [1.82, 2.24) is 0 Å². The van der Waals surface area contributed by atoms with Crippen LogP contribution in [0.1, 0.15) is 33.6 Å². The van der Waals surface area contributed by atoms with Crippen LogP contribution in [0.3, 0.4) is 0 Å². The summed E-state index contributed by atoms with van der Waals surface area (Å²) in [6.45, 7) is 0. The van der Waals surface area contributed by atoms with Crippen LogP contribution < -0.4 is 4.74 Å². The highest BCUT2D eigenvalue weighted by atomic mass is 79.9. The molecule has 0 aliphatic rings. The molecule has 21 heavy (non-hydrogen) atoms. The first kappa shape index (κ1) is 15.4. The zero-order valence-corrected chi connectivity index (χ0v) is 13.2. The molecule has 2 aromatic rings. The van der Waals surface area contributed by atoms with Gasteiger partial charge < -0.3 is 4.74 Å². The quantitative estimate of drug-likeness (QED) is 0.732. The second kappa shape index (κ2) is 7.18. The summed E-state index contributed by atoms with van der Waals surface area (Å²) in [6, 6.07) is 14.1. The van der Waals surface area contributed by atoms with Crippen molar-refractivity contribution < 1.29 is 14.3 Å². The number of hydrogen-bond donors (Lipinski definition) is 0. The Hall–Kier alpha value is -1.94. The van der Waals surface area contributed by atoms with Gasteiger partial charge in [-0.15, -0.1) is 0 Å². The summed E-state index contributed by atoms with van der Waals surface area (Å²) in [6.07, 6.45) is 0.424. The molecule has 0 heterocycles. The number of hydrogen-bond acceptors (Lipinski definition) is 3. The van der Waals surface area contributed by atoms with Crippen molar-refractivity contribution in [3.63, 3.8) is 0 Å². The van der Waals surface area contributed by atoms with Gasteiger partial charge in [-0.1, -0.05) is 28.1 Å². The van der Waals surface area contributed by atoms with Crippen LogP contribution >= 0.6 is 15.9 Å². The monoisotopic (exact) mass is 346 g/mol. The van der Waals surface area contributed by atoms with Gasteiger partial charge in [0.25, 0.3) is 0 Å². The van der Waals surface area contributed by atoms with Gasteiger partial charge in [-0.05, 0) is 36.4 Å². The van der Waals surface area contributed by atoms with E-state index in [4.69, 9.17) is 4.74 Å². The maximum Gasteiger partial charge on any atom is 0.163 e. The van der Waals surface area contributed by atoms with Gasteiger partial charge in [0.15, 0.2) is 11.6 Å². The largest absolute Gasteiger partial charge is 0.497 e. The summed E-state index contributed by atoms with van der Waals surface area (Å²) < 4.78 is 5.97. The Morgan fingerprint density at radius 2 is 1.29 bits per heavy atom. The molecule has 4 heteroatoms. The van der Waals surface area contributed by atoms with Gasteiger partial charge >= 0.3 is 0 Å². The molecule has 0 aliphatic heterocycles. The van der Waals surface area contributed by atoms with Crippen LogP contribution in [0.2, 0.25) is 0 Å². The highest BCUT2D eigenvalue weighted by molar-refractivity contribution is 9.10. The Balaban J connectivity index is 1.93. The molecule has 0 saturated carbocycles. The van der Waals surface area contributed by atoms with Crippen LogP contribution in [-0.2, 0) is 0 Å². The fourth-order valence-corrected chi connectivity index (χ4v) is 2.19. The summed E-state index contributed by atoms with van der Waals surface area (Å²) in [5.41, 5.74) is 1.22. The Labute approximate surface area is 132 Å². The summed E-state index contributed by atoms with van der Waals surface area (Å²) >= 11 is 3.32. The van der Waals surface area contributed by atoms with Crippen molar-refractivity contribution in [2.24, 2.45) is 0 Å². The lowest BCUT2D eigenvalue weighted by Gasteiger charge is -2.03. The summed E-state index contributed by atoms with van der Waals surface area (Å²) in [4.78, 5) is 24.0. The topological polar surface area (TPSA) is 43.4 Å². The summed E-state index contributed by atoms with van der Waals surface area (Å²) in [7, 11) is 1.58. The van der Waals surface area contributed by atoms with Crippen LogP contribution in [0.15, 0.2) is 53.0 Å². The zero-order valence-electron chi connectivity index (χ0n) is 11.6. The summed E-state index contributed by atoms with van der Waals surface area (Å²) in [5.74, 6) is 0.643. The van der Waals surface area contributed by atoms with Crippen LogP contribution in [0.4, 0.5) is 0 Å². The predicted octanol–water partition coefficient (Wildman–Crippen LogP) is 4.30. The van der Waals surface area contributed by atoms with Gasteiger partial charge in [0.05, 0.1) is 7.11 Å². The van der Waals surface area contributed by atoms with Gasteiger partial charge in [0, 0.05) is 28.4 Å². The number of ether oxygens (including phenoxy) is 1. The predicted molar refractivity (Wildman–Crippen MR) is 85.0 cm³/mol. The molecular weight excluding hydrogens is 332 g/mol. The number of Topliss-reactive ketones (excluding diaryl/α,β-unsaturated/α-hetero) is 2. The molecule has 0 saturated heterocycles. The van der Waals surface area contributed by atoms with E-state index < -0.39 is 0 Å². The lowest BCUT2D eigenvalue weighted by atomic mass is 10.0. The van der Waals surface area contributed by atoms with Crippen molar-refractivity contribution in [3.8, 4) is 5.75 Å². The summed E-state index contributed by atoms with van der Waals surface area (Å²) in [5, 5.41) is 0. The first-order valence-corrected chi connectivity index (χ1v) is 7.35. The molecule has 0 bridgehead atoms. The number of carbonyl (C=O) groups excluding carboxylic acids is 2. The third-order valence-corrected chi connectivity index (χ3v) is 3.69. The minimum atomic E-state index is -0.0388. The molecule has 0 atom stereocenters. The number of halogens is 1. The van der Waals surface area contributed by atoms with Crippen molar-refractivity contribution in [3.05, 3.63) is 64.1 Å². The van der Waals surface area contributed by atoms with Crippen molar-refractivity contribution in [1.29, 1.82) is 0 Å². The first-order valence-electron chi connectivity index (χ1n) is 6.56. The van der Waals surface area contributed by atoms with Gasteiger partial charge in [-0.3, -0.25) is 9.59 Å². The molecule has 0 aromatic heterocycles. The van der Waals surface area contributed by atoms with Crippen LogP contribution in [-0.4, -0.2) is 18.7 Å². The molecule has 0 fully saturated rings. The van der Waals surface area contributed by atoms with E-state index >= 15 is 0 Å². The average molecular weight is 347 g/mol. The Morgan fingerprint density at radius 1 is 0.857 bits per heavy atom. The molecule has 2 rings (SSSR count). The van der Waals surface area contributed by atoms with E-state index in [1.165, 1.54) is 0 Å². The second-order valence-corrected chi connectivity index (χ2v) is 5.50. The van der Waals surface area contributed by atoms with Gasteiger partial charge in [-0.25, -0.2) is 0 Å². The third kappa shape index (κ3) is 4.26. The standard InChI is InChI=1S/C17H15BrO3/c1-21-15-8-4-13(5-9-15)17(20)11-10-16(19)12-2-6-14(18)7-3-12/h2-9H,10-11H2,1H3. The molecule has 0 spiro atoms.